The normalized spacial score (nSPS) is 10.0. The number of aldehydes is 1. The van der Waals surface area contributed by atoms with Crippen LogP contribution in [0.2, 0.25) is 5.02 Å². The standard InChI is InChI=1S/C16H14ClNO3/c1-11-6-7-14(13(17)8-11)18-16(20)10-21-15-5-3-2-4-12(15)9-19/h2-9H,10H2,1H3,(H,18,20). The van der Waals surface area contributed by atoms with E-state index < -0.39 is 0 Å². The van der Waals surface area contributed by atoms with E-state index in [4.69, 9.17) is 16.3 Å². The van der Waals surface area contributed by atoms with Crippen molar-refractivity contribution < 1.29 is 14.3 Å². The molecule has 2 aromatic rings. The highest BCUT2D eigenvalue weighted by molar-refractivity contribution is 6.33. The summed E-state index contributed by atoms with van der Waals surface area (Å²) in [6.07, 6.45) is 0.685. The number of carbonyl (C=O) groups excluding carboxylic acids is 2. The second-order valence-electron chi connectivity index (χ2n) is 4.48. The molecule has 21 heavy (non-hydrogen) atoms. The van der Waals surface area contributed by atoms with Gasteiger partial charge in [0.25, 0.3) is 5.91 Å². The van der Waals surface area contributed by atoms with E-state index in [-0.39, 0.29) is 12.5 Å². The molecule has 108 valence electrons. The lowest BCUT2D eigenvalue weighted by molar-refractivity contribution is -0.118. The third-order valence-corrected chi connectivity index (χ3v) is 3.12. The smallest absolute Gasteiger partial charge is 0.262 e. The van der Waals surface area contributed by atoms with Crippen LogP contribution < -0.4 is 10.1 Å². The first-order valence-electron chi connectivity index (χ1n) is 6.33. The van der Waals surface area contributed by atoms with E-state index in [1.165, 1.54) is 0 Å². The predicted molar refractivity (Wildman–Crippen MR) is 82.1 cm³/mol. The number of ether oxygens (including phenoxy) is 1. The Balaban J connectivity index is 1.97. The van der Waals surface area contributed by atoms with Gasteiger partial charge in [0.1, 0.15) is 5.75 Å². The number of amides is 1. The quantitative estimate of drug-likeness (QED) is 0.860. The number of anilines is 1. The molecule has 5 heteroatoms. The summed E-state index contributed by atoms with van der Waals surface area (Å²) in [7, 11) is 0. The Kier molecular flexibility index (Phi) is 4.95. The summed E-state index contributed by atoms with van der Waals surface area (Å²) in [4.78, 5) is 22.7. The van der Waals surface area contributed by atoms with Crippen molar-refractivity contribution in [2.24, 2.45) is 0 Å². The van der Waals surface area contributed by atoms with Gasteiger partial charge in [0.2, 0.25) is 0 Å². The highest BCUT2D eigenvalue weighted by atomic mass is 35.5. The molecule has 0 radical (unpaired) electrons. The lowest BCUT2D eigenvalue weighted by Crippen LogP contribution is -2.20. The monoisotopic (exact) mass is 303 g/mol. The summed E-state index contributed by atoms with van der Waals surface area (Å²) in [5.74, 6) is 0.0270. The van der Waals surface area contributed by atoms with E-state index in [0.29, 0.717) is 28.3 Å². The van der Waals surface area contributed by atoms with Gasteiger partial charge >= 0.3 is 0 Å². The fourth-order valence-electron chi connectivity index (χ4n) is 1.76. The zero-order valence-electron chi connectivity index (χ0n) is 11.4. The molecule has 0 saturated carbocycles. The molecule has 0 aliphatic carbocycles. The first-order chi connectivity index (χ1) is 10.1. The minimum atomic E-state index is -0.346. The van der Waals surface area contributed by atoms with Crippen molar-refractivity contribution in [2.75, 3.05) is 11.9 Å². The van der Waals surface area contributed by atoms with Crippen molar-refractivity contribution in [3.63, 3.8) is 0 Å². The zero-order valence-corrected chi connectivity index (χ0v) is 12.2. The van der Waals surface area contributed by atoms with Crippen LogP contribution in [0.3, 0.4) is 0 Å². The van der Waals surface area contributed by atoms with Gasteiger partial charge < -0.3 is 10.1 Å². The van der Waals surface area contributed by atoms with Crippen LogP contribution >= 0.6 is 11.6 Å². The minimum Gasteiger partial charge on any atom is -0.483 e. The Hall–Kier alpha value is -2.33. The highest BCUT2D eigenvalue weighted by Crippen LogP contribution is 2.22. The summed E-state index contributed by atoms with van der Waals surface area (Å²) in [5, 5.41) is 3.13. The van der Waals surface area contributed by atoms with Crippen LogP contribution in [0.25, 0.3) is 0 Å². The number of rotatable bonds is 5. The van der Waals surface area contributed by atoms with Gasteiger partial charge in [-0.3, -0.25) is 9.59 Å². The molecule has 0 unspecified atom stereocenters. The molecule has 0 aliphatic rings. The van der Waals surface area contributed by atoms with Crippen molar-refractivity contribution in [1.29, 1.82) is 0 Å². The molecule has 0 bridgehead atoms. The Bertz CT molecular complexity index is 670. The number of benzene rings is 2. The van der Waals surface area contributed by atoms with Gasteiger partial charge in [-0.15, -0.1) is 0 Å². The van der Waals surface area contributed by atoms with E-state index in [9.17, 15) is 9.59 Å². The average molecular weight is 304 g/mol. The van der Waals surface area contributed by atoms with Gasteiger partial charge in [0.05, 0.1) is 16.3 Å². The lowest BCUT2D eigenvalue weighted by Gasteiger charge is -2.10. The van der Waals surface area contributed by atoms with E-state index in [0.717, 1.165) is 5.56 Å². The fourth-order valence-corrected chi connectivity index (χ4v) is 2.04. The Labute approximate surface area is 127 Å². The van der Waals surface area contributed by atoms with Crippen molar-refractivity contribution >= 4 is 29.5 Å². The van der Waals surface area contributed by atoms with Crippen molar-refractivity contribution in [2.45, 2.75) is 6.92 Å². The van der Waals surface area contributed by atoms with Crippen LogP contribution in [0.15, 0.2) is 42.5 Å². The number of carbonyl (C=O) groups is 2. The first kappa shape index (κ1) is 15.1. The van der Waals surface area contributed by atoms with Crippen LogP contribution in [0.5, 0.6) is 5.75 Å². The summed E-state index contributed by atoms with van der Waals surface area (Å²) in [6.45, 7) is 1.71. The number of para-hydroxylation sites is 1. The maximum Gasteiger partial charge on any atom is 0.262 e. The third-order valence-electron chi connectivity index (χ3n) is 2.80. The van der Waals surface area contributed by atoms with Crippen molar-refractivity contribution in [3.05, 3.63) is 58.6 Å². The maximum absolute atomic E-state index is 11.8. The summed E-state index contributed by atoms with van der Waals surface area (Å²) in [6, 6.07) is 12.1. The molecule has 0 aromatic heterocycles. The molecule has 4 nitrogen and oxygen atoms in total. The molecule has 0 spiro atoms. The van der Waals surface area contributed by atoms with Crippen molar-refractivity contribution in [1.82, 2.24) is 0 Å². The summed E-state index contributed by atoms with van der Waals surface area (Å²) < 4.78 is 5.34. The number of hydrogen-bond donors (Lipinski definition) is 1. The molecule has 0 saturated heterocycles. The largest absolute Gasteiger partial charge is 0.483 e. The molecule has 1 amide bonds. The summed E-state index contributed by atoms with van der Waals surface area (Å²) in [5.41, 5.74) is 1.94. The molecule has 0 fully saturated rings. The fraction of sp³-hybridized carbons (Fsp3) is 0.125. The highest BCUT2D eigenvalue weighted by Gasteiger charge is 2.08. The van der Waals surface area contributed by atoms with Crippen LogP contribution in [0, 0.1) is 6.92 Å². The minimum absolute atomic E-state index is 0.199. The van der Waals surface area contributed by atoms with Gasteiger partial charge in [-0.05, 0) is 36.8 Å². The van der Waals surface area contributed by atoms with E-state index in [1.54, 1.807) is 36.4 Å². The summed E-state index contributed by atoms with van der Waals surface area (Å²) >= 11 is 6.04. The molecular formula is C16H14ClNO3. The number of nitrogens with one attached hydrogen (secondary N) is 1. The maximum atomic E-state index is 11.8. The molecule has 2 aromatic carbocycles. The second-order valence-corrected chi connectivity index (χ2v) is 4.88. The molecule has 0 aliphatic heterocycles. The number of halogens is 1. The molecule has 2 rings (SSSR count). The average Bonchev–Trinajstić information content (AvgIpc) is 2.48. The number of hydrogen-bond acceptors (Lipinski definition) is 3. The van der Waals surface area contributed by atoms with Crippen LogP contribution in [0.4, 0.5) is 5.69 Å². The van der Waals surface area contributed by atoms with E-state index in [2.05, 4.69) is 5.32 Å². The van der Waals surface area contributed by atoms with Crippen LogP contribution in [-0.2, 0) is 4.79 Å². The zero-order chi connectivity index (χ0) is 15.2. The van der Waals surface area contributed by atoms with E-state index in [1.807, 2.05) is 13.0 Å². The van der Waals surface area contributed by atoms with Crippen molar-refractivity contribution in [3.8, 4) is 5.75 Å². The predicted octanol–water partition coefficient (Wildman–Crippen LogP) is 3.48. The number of aryl methyl sites for hydroxylation is 1. The second kappa shape index (κ2) is 6.90. The van der Waals surface area contributed by atoms with Crippen LogP contribution in [-0.4, -0.2) is 18.8 Å². The van der Waals surface area contributed by atoms with Gasteiger partial charge in [-0.25, -0.2) is 0 Å². The Morgan fingerprint density at radius 2 is 2.05 bits per heavy atom. The van der Waals surface area contributed by atoms with Gasteiger partial charge in [-0.2, -0.15) is 0 Å². The SMILES string of the molecule is Cc1ccc(NC(=O)COc2ccccc2C=O)c(Cl)c1. The Morgan fingerprint density at radius 1 is 1.29 bits per heavy atom. The van der Waals surface area contributed by atoms with Crippen LogP contribution in [0.1, 0.15) is 15.9 Å². The third kappa shape index (κ3) is 4.07. The Morgan fingerprint density at radius 3 is 2.76 bits per heavy atom. The molecule has 0 atom stereocenters. The molecule has 1 N–H and O–H groups in total. The molecule has 0 heterocycles. The topological polar surface area (TPSA) is 55.4 Å². The first-order valence-corrected chi connectivity index (χ1v) is 6.71. The lowest BCUT2D eigenvalue weighted by atomic mass is 10.2. The van der Waals surface area contributed by atoms with Gasteiger partial charge in [0.15, 0.2) is 12.9 Å². The van der Waals surface area contributed by atoms with Gasteiger partial charge in [-0.1, -0.05) is 29.8 Å². The molecular weight excluding hydrogens is 290 g/mol. The van der Waals surface area contributed by atoms with E-state index >= 15 is 0 Å². The van der Waals surface area contributed by atoms with Gasteiger partial charge in [0, 0.05) is 0 Å².